The van der Waals surface area contributed by atoms with Crippen molar-refractivity contribution < 1.29 is 14.6 Å². The molecule has 0 saturated carbocycles. The zero-order chi connectivity index (χ0) is 22.9. The van der Waals surface area contributed by atoms with Crippen LogP contribution in [0.5, 0.6) is 11.5 Å². The molecule has 32 heavy (non-hydrogen) atoms. The monoisotopic (exact) mass is 441 g/mol. The molecule has 176 valence electrons. The van der Waals surface area contributed by atoms with Crippen LogP contribution < -0.4 is 9.47 Å². The second-order valence-corrected chi connectivity index (χ2v) is 8.84. The van der Waals surface area contributed by atoms with Crippen molar-refractivity contribution >= 4 is 0 Å². The molecule has 0 aliphatic carbocycles. The molecular weight excluding hydrogens is 402 g/mol. The standard InChI is InChI=1S/C26H39N3O3/c1-5-28-12-14-29(15-13-28)19-24(30)20-32-25-11-10-23(16-26(25)31-4)18-27(3)17-22-8-6-21(2)7-9-22/h6-11,16,24,30H,5,12-15,17-20H2,1-4H3/t24-/m1/s1. The first-order chi connectivity index (χ1) is 15.5. The van der Waals surface area contributed by atoms with Crippen molar-refractivity contribution in [3.8, 4) is 11.5 Å². The fourth-order valence-corrected chi connectivity index (χ4v) is 4.13. The third kappa shape index (κ3) is 7.48. The van der Waals surface area contributed by atoms with E-state index in [0.717, 1.165) is 51.4 Å². The van der Waals surface area contributed by atoms with Crippen molar-refractivity contribution in [2.24, 2.45) is 0 Å². The average Bonchev–Trinajstić information content (AvgIpc) is 2.80. The summed E-state index contributed by atoms with van der Waals surface area (Å²) in [6.07, 6.45) is -0.520. The largest absolute Gasteiger partial charge is 0.493 e. The number of aryl methyl sites for hydroxylation is 1. The molecule has 1 fully saturated rings. The number of benzene rings is 2. The van der Waals surface area contributed by atoms with Crippen LogP contribution in [-0.4, -0.2) is 85.9 Å². The third-order valence-electron chi connectivity index (χ3n) is 6.07. The Morgan fingerprint density at radius 2 is 1.56 bits per heavy atom. The molecule has 0 radical (unpaired) electrons. The lowest BCUT2D eigenvalue weighted by atomic mass is 10.1. The Bertz CT molecular complexity index is 820. The van der Waals surface area contributed by atoms with E-state index in [1.165, 1.54) is 11.1 Å². The molecule has 1 saturated heterocycles. The highest BCUT2D eigenvalue weighted by atomic mass is 16.5. The molecule has 6 nitrogen and oxygen atoms in total. The summed E-state index contributed by atoms with van der Waals surface area (Å²) in [6, 6.07) is 14.7. The topological polar surface area (TPSA) is 48.4 Å². The summed E-state index contributed by atoms with van der Waals surface area (Å²) in [7, 11) is 3.78. The molecule has 1 heterocycles. The summed E-state index contributed by atoms with van der Waals surface area (Å²) in [6.45, 7) is 12.1. The smallest absolute Gasteiger partial charge is 0.161 e. The highest BCUT2D eigenvalue weighted by molar-refractivity contribution is 5.43. The van der Waals surface area contributed by atoms with E-state index >= 15 is 0 Å². The molecule has 2 aromatic carbocycles. The first-order valence-corrected chi connectivity index (χ1v) is 11.6. The van der Waals surface area contributed by atoms with Crippen molar-refractivity contribution in [2.75, 3.05) is 60.0 Å². The molecule has 0 aromatic heterocycles. The van der Waals surface area contributed by atoms with Crippen LogP contribution in [-0.2, 0) is 13.1 Å². The van der Waals surface area contributed by atoms with Gasteiger partial charge in [-0.25, -0.2) is 0 Å². The predicted octanol–water partition coefficient (Wildman–Crippen LogP) is 3.01. The second-order valence-electron chi connectivity index (χ2n) is 8.84. The Labute approximate surface area is 193 Å². The molecule has 2 aromatic rings. The van der Waals surface area contributed by atoms with Gasteiger partial charge in [-0.3, -0.25) is 9.80 Å². The Kier molecular flexibility index (Phi) is 9.36. The molecule has 6 heteroatoms. The lowest BCUT2D eigenvalue weighted by Crippen LogP contribution is -2.49. The van der Waals surface area contributed by atoms with E-state index in [4.69, 9.17) is 9.47 Å². The van der Waals surface area contributed by atoms with Gasteiger partial charge in [-0.1, -0.05) is 42.8 Å². The SMILES string of the molecule is CCN1CCN(C[C@@H](O)COc2ccc(CN(C)Cc3ccc(C)cc3)cc2OC)CC1. The maximum atomic E-state index is 10.5. The minimum atomic E-state index is -0.520. The Hall–Kier alpha value is -2.12. The van der Waals surface area contributed by atoms with Gasteiger partial charge in [-0.2, -0.15) is 0 Å². The highest BCUT2D eigenvalue weighted by Crippen LogP contribution is 2.29. The van der Waals surface area contributed by atoms with Crippen LogP contribution in [0.4, 0.5) is 0 Å². The molecule has 1 aliphatic heterocycles. The normalized spacial score (nSPS) is 16.3. The van der Waals surface area contributed by atoms with Crippen LogP contribution in [0.1, 0.15) is 23.6 Å². The summed E-state index contributed by atoms with van der Waals surface area (Å²) >= 11 is 0. The number of likely N-dealkylation sites (N-methyl/N-ethyl adjacent to an activating group) is 1. The highest BCUT2D eigenvalue weighted by Gasteiger charge is 2.19. The zero-order valence-electron chi connectivity index (χ0n) is 20.1. The third-order valence-corrected chi connectivity index (χ3v) is 6.07. The second kappa shape index (κ2) is 12.2. The molecule has 1 atom stereocenters. The summed E-state index contributed by atoms with van der Waals surface area (Å²) in [5, 5.41) is 10.5. The number of nitrogens with zero attached hydrogens (tertiary/aromatic N) is 3. The molecule has 0 unspecified atom stereocenters. The first-order valence-electron chi connectivity index (χ1n) is 11.6. The quantitative estimate of drug-likeness (QED) is 0.579. The number of hydrogen-bond acceptors (Lipinski definition) is 6. The van der Waals surface area contributed by atoms with Gasteiger partial charge in [0.15, 0.2) is 11.5 Å². The minimum absolute atomic E-state index is 0.261. The van der Waals surface area contributed by atoms with Gasteiger partial charge < -0.3 is 19.5 Å². The minimum Gasteiger partial charge on any atom is -0.493 e. The molecule has 3 rings (SSSR count). The number of methoxy groups -OCH3 is 1. The van der Waals surface area contributed by atoms with Gasteiger partial charge in [0.2, 0.25) is 0 Å². The number of aliphatic hydroxyl groups is 1. The van der Waals surface area contributed by atoms with Crippen molar-refractivity contribution in [3.63, 3.8) is 0 Å². The van der Waals surface area contributed by atoms with Crippen LogP contribution in [0, 0.1) is 6.92 Å². The van der Waals surface area contributed by atoms with Gasteiger partial charge in [0.25, 0.3) is 0 Å². The van der Waals surface area contributed by atoms with E-state index in [9.17, 15) is 5.11 Å². The molecule has 0 spiro atoms. The number of β-amino-alcohol motifs (C(OH)–C–C–N with tert-alkyl or cyclic N) is 1. The van der Waals surface area contributed by atoms with Crippen molar-refractivity contribution in [1.29, 1.82) is 0 Å². The summed E-state index contributed by atoms with van der Waals surface area (Å²) in [5.41, 5.74) is 3.74. The van der Waals surface area contributed by atoms with Crippen molar-refractivity contribution in [3.05, 3.63) is 59.2 Å². The van der Waals surface area contributed by atoms with Crippen LogP contribution in [0.15, 0.2) is 42.5 Å². The summed E-state index contributed by atoms with van der Waals surface area (Å²) in [5.74, 6) is 1.38. The first kappa shape index (κ1) is 24.5. The van der Waals surface area contributed by atoms with E-state index in [0.29, 0.717) is 18.0 Å². The number of aliphatic hydroxyl groups excluding tert-OH is 1. The van der Waals surface area contributed by atoms with Gasteiger partial charge in [-0.15, -0.1) is 0 Å². The number of rotatable bonds is 11. The molecule has 0 amide bonds. The Morgan fingerprint density at radius 1 is 0.938 bits per heavy atom. The summed E-state index contributed by atoms with van der Waals surface area (Å²) < 4.78 is 11.5. The molecular formula is C26H39N3O3. The fourth-order valence-electron chi connectivity index (χ4n) is 4.13. The van der Waals surface area contributed by atoms with Crippen LogP contribution in [0.3, 0.4) is 0 Å². The van der Waals surface area contributed by atoms with Crippen LogP contribution in [0.25, 0.3) is 0 Å². The van der Waals surface area contributed by atoms with Crippen LogP contribution >= 0.6 is 0 Å². The number of hydrogen-bond donors (Lipinski definition) is 1. The van der Waals surface area contributed by atoms with E-state index in [-0.39, 0.29) is 6.61 Å². The molecule has 1 aliphatic rings. The molecule has 0 bridgehead atoms. The maximum Gasteiger partial charge on any atom is 0.161 e. The lowest BCUT2D eigenvalue weighted by molar-refractivity contribution is 0.0464. The van der Waals surface area contributed by atoms with Gasteiger partial charge in [0.1, 0.15) is 12.7 Å². The van der Waals surface area contributed by atoms with Gasteiger partial charge in [0, 0.05) is 45.8 Å². The summed E-state index contributed by atoms with van der Waals surface area (Å²) in [4.78, 5) is 7.02. The average molecular weight is 442 g/mol. The lowest BCUT2D eigenvalue weighted by Gasteiger charge is -2.34. The number of ether oxygens (including phenoxy) is 2. The van der Waals surface area contributed by atoms with Crippen LogP contribution in [0.2, 0.25) is 0 Å². The van der Waals surface area contributed by atoms with Crippen molar-refractivity contribution in [2.45, 2.75) is 33.0 Å². The van der Waals surface area contributed by atoms with Gasteiger partial charge >= 0.3 is 0 Å². The Morgan fingerprint density at radius 3 is 2.22 bits per heavy atom. The number of piperazine rings is 1. The van der Waals surface area contributed by atoms with E-state index in [2.05, 4.69) is 65.9 Å². The zero-order valence-corrected chi connectivity index (χ0v) is 20.1. The molecule has 1 N–H and O–H groups in total. The fraction of sp³-hybridized carbons (Fsp3) is 0.538. The predicted molar refractivity (Wildman–Crippen MR) is 129 cm³/mol. The van der Waals surface area contributed by atoms with Crippen molar-refractivity contribution in [1.82, 2.24) is 14.7 Å². The van der Waals surface area contributed by atoms with Gasteiger partial charge in [0.05, 0.1) is 7.11 Å². The van der Waals surface area contributed by atoms with E-state index in [1.807, 2.05) is 12.1 Å². The maximum absolute atomic E-state index is 10.5. The van der Waals surface area contributed by atoms with E-state index < -0.39 is 6.10 Å². The van der Waals surface area contributed by atoms with E-state index in [1.54, 1.807) is 7.11 Å². The Balaban J connectivity index is 1.48. The van der Waals surface area contributed by atoms with Gasteiger partial charge in [-0.05, 0) is 43.8 Å².